The van der Waals surface area contributed by atoms with Crippen LogP contribution in [0.1, 0.15) is 11.6 Å². The van der Waals surface area contributed by atoms with Crippen molar-refractivity contribution in [3.63, 3.8) is 0 Å². The molecular formula is C9H9F2N5. The fourth-order valence-corrected chi connectivity index (χ4v) is 1.34. The molecule has 0 aliphatic carbocycles. The molecule has 0 aliphatic rings. The molecule has 0 spiro atoms. The number of hydrogen-bond acceptors (Lipinski definition) is 4. The lowest BCUT2D eigenvalue weighted by Gasteiger charge is -2.04. The lowest BCUT2D eigenvalue weighted by Crippen LogP contribution is -2.08. The fourth-order valence-electron chi connectivity index (χ4n) is 1.34. The van der Waals surface area contributed by atoms with Gasteiger partial charge in [0.2, 0.25) is 0 Å². The number of rotatable bonds is 1. The van der Waals surface area contributed by atoms with Crippen LogP contribution in [0.5, 0.6) is 0 Å². The van der Waals surface area contributed by atoms with Gasteiger partial charge in [-0.15, -0.1) is 5.10 Å². The highest BCUT2D eigenvalue weighted by Gasteiger charge is 2.14. The maximum atomic E-state index is 13.5. The Morgan fingerprint density at radius 2 is 1.88 bits per heavy atom. The van der Waals surface area contributed by atoms with Crippen LogP contribution >= 0.6 is 0 Å². The second kappa shape index (κ2) is 3.51. The monoisotopic (exact) mass is 225 g/mol. The molecule has 0 atom stereocenters. The van der Waals surface area contributed by atoms with E-state index in [1.165, 1.54) is 4.68 Å². The van der Waals surface area contributed by atoms with Crippen LogP contribution in [-0.2, 0) is 0 Å². The molecule has 0 aliphatic heterocycles. The van der Waals surface area contributed by atoms with Gasteiger partial charge < -0.3 is 5.73 Å². The summed E-state index contributed by atoms with van der Waals surface area (Å²) < 4.78 is 27.5. The predicted molar refractivity (Wildman–Crippen MR) is 53.0 cm³/mol. The number of nitrogens with zero attached hydrogens (tertiary/aromatic N) is 4. The Balaban J connectivity index is 2.64. The quantitative estimate of drug-likeness (QED) is 0.790. The number of anilines is 1. The highest BCUT2D eigenvalue weighted by molar-refractivity contribution is 5.38. The largest absolute Gasteiger partial charge is 0.381 e. The van der Waals surface area contributed by atoms with Crippen LogP contribution in [0.2, 0.25) is 0 Å². The standard InChI is InChI=1S/C9H9F2N5/c1-4-13-5(2)16(15-4)9-7(11)3-6(10)8(12)14-9/h3H,1-2H3,(H2,12,14). The van der Waals surface area contributed by atoms with Crippen LogP contribution in [0, 0.1) is 25.5 Å². The molecule has 16 heavy (non-hydrogen) atoms. The van der Waals surface area contributed by atoms with Crippen molar-refractivity contribution in [3.8, 4) is 5.82 Å². The minimum atomic E-state index is -0.893. The zero-order valence-corrected chi connectivity index (χ0v) is 8.70. The molecule has 2 N–H and O–H groups in total. The Kier molecular flexibility index (Phi) is 2.30. The maximum Gasteiger partial charge on any atom is 0.193 e. The first-order valence-electron chi connectivity index (χ1n) is 4.51. The summed E-state index contributed by atoms with van der Waals surface area (Å²) in [6.45, 7) is 3.30. The van der Waals surface area contributed by atoms with Gasteiger partial charge in [-0.1, -0.05) is 0 Å². The van der Waals surface area contributed by atoms with Crippen molar-refractivity contribution in [2.75, 3.05) is 5.73 Å². The van der Waals surface area contributed by atoms with Crippen LogP contribution in [0.15, 0.2) is 6.07 Å². The smallest absolute Gasteiger partial charge is 0.193 e. The first-order valence-corrected chi connectivity index (χ1v) is 4.51. The van der Waals surface area contributed by atoms with E-state index in [1.54, 1.807) is 13.8 Å². The molecule has 7 heteroatoms. The Bertz CT molecular complexity index is 549. The van der Waals surface area contributed by atoms with Gasteiger partial charge in [0.05, 0.1) is 0 Å². The normalized spacial score (nSPS) is 10.8. The van der Waals surface area contributed by atoms with Gasteiger partial charge >= 0.3 is 0 Å². The minimum Gasteiger partial charge on any atom is -0.381 e. The van der Waals surface area contributed by atoms with Crippen LogP contribution in [0.3, 0.4) is 0 Å². The molecule has 2 aromatic heterocycles. The van der Waals surface area contributed by atoms with E-state index in [4.69, 9.17) is 5.73 Å². The topological polar surface area (TPSA) is 69.6 Å². The van der Waals surface area contributed by atoms with Crippen LogP contribution in [-0.4, -0.2) is 19.7 Å². The van der Waals surface area contributed by atoms with Crippen LogP contribution in [0.4, 0.5) is 14.6 Å². The van der Waals surface area contributed by atoms with E-state index in [0.717, 1.165) is 0 Å². The third-order valence-corrected chi connectivity index (χ3v) is 2.01. The van der Waals surface area contributed by atoms with Gasteiger partial charge in [-0.2, -0.15) is 4.68 Å². The minimum absolute atomic E-state index is 0.156. The third kappa shape index (κ3) is 1.60. The molecule has 0 saturated heterocycles. The third-order valence-electron chi connectivity index (χ3n) is 2.01. The Hall–Kier alpha value is -2.05. The average molecular weight is 225 g/mol. The van der Waals surface area contributed by atoms with E-state index in [9.17, 15) is 8.78 Å². The van der Waals surface area contributed by atoms with Crippen molar-refractivity contribution < 1.29 is 8.78 Å². The zero-order chi connectivity index (χ0) is 11.9. The van der Waals surface area contributed by atoms with Crippen LogP contribution < -0.4 is 5.73 Å². The fraction of sp³-hybridized carbons (Fsp3) is 0.222. The van der Waals surface area contributed by atoms with E-state index in [0.29, 0.717) is 17.7 Å². The Morgan fingerprint density at radius 3 is 2.44 bits per heavy atom. The first-order chi connectivity index (χ1) is 7.49. The van der Waals surface area contributed by atoms with Gasteiger partial charge in [0.1, 0.15) is 11.6 Å². The molecule has 0 bridgehead atoms. The second-order valence-electron chi connectivity index (χ2n) is 3.28. The van der Waals surface area contributed by atoms with Crippen molar-refractivity contribution >= 4 is 5.82 Å². The van der Waals surface area contributed by atoms with Gasteiger partial charge in [-0.25, -0.2) is 18.7 Å². The lowest BCUT2D eigenvalue weighted by atomic mass is 10.4. The molecule has 0 aromatic carbocycles. The molecule has 0 fully saturated rings. The number of pyridine rings is 1. The molecular weight excluding hydrogens is 216 g/mol. The van der Waals surface area contributed by atoms with Crippen molar-refractivity contribution in [1.82, 2.24) is 19.7 Å². The summed E-state index contributed by atoms with van der Waals surface area (Å²) in [5.41, 5.74) is 5.27. The molecule has 0 saturated carbocycles. The number of nitrogen functional groups attached to an aromatic ring is 1. The summed E-state index contributed by atoms with van der Waals surface area (Å²) in [5.74, 6) is -1.33. The van der Waals surface area contributed by atoms with Crippen molar-refractivity contribution in [1.29, 1.82) is 0 Å². The van der Waals surface area contributed by atoms with E-state index >= 15 is 0 Å². The molecule has 0 amide bonds. The molecule has 2 aromatic rings. The van der Waals surface area contributed by atoms with Crippen molar-refractivity contribution in [2.24, 2.45) is 0 Å². The zero-order valence-electron chi connectivity index (χ0n) is 8.70. The number of nitrogens with two attached hydrogens (primary N) is 1. The highest BCUT2D eigenvalue weighted by atomic mass is 19.1. The molecule has 5 nitrogen and oxygen atoms in total. The summed E-state index contributed by atoms with van der Waals surface area (Å²) in [6, 6.07) is 0.675. The van der Waals surface area contributed by atoms with Crippen LogP contribution in [0.25, 0.3) is 5.82 Å². The number of halogens is 2. The molecule has 2 rings (SSSR count). The van der Waals surface area contributed by atoms with E-state index in [2.05, 4.69) is 15.1 Å². The summed E-state index contributed by atoms with van der Waals surface area (Å²) in [7, 11) is 0. The van der Waals surface area contributed by atoms with E-state index in [1.807, 2.05) is 0 Å². The van der Waals surface area contributed by atoms with Crippen molar-refractivity contribution in [2.45, 2.75) is 13.8 Å². The molecule has 84 valence electrons. The lowest BCUT2D eigenvalue weighted by molar-refractivity contribution is 0.562. The van der Waals surface area contributed by atoms with Crippen molar-refractivity contribution in [3.05, 3.63) is 29.3 Å². The molecule has 2 heterocycles. The maximum absolute atomic E-state index is 13.5. The predicted octanol–water partition coefficient (Wildman–Crippen LogP) is 1.14. The molecule has 0 radical (unpaired) electrons. The summed E-state index contributed by atoms with van der Waals surface area (Å²) >= 11 is 0. The SMILES string of the molecule is Cc1nc(C)n(-c2nc(N)c(F)cc2F)n1. The summed E-state index contributed by atoms with van der Waals surface area (Å²) in [4.78, 5) is 7.60. The second-order valence-corrected chi connectivity index (χ2v) is 3.28. The number of aryl methyl sites for hydroxylation is 2. The number of hydrogen-bond donors (Lipinski definition) is 1. The molecule has 0 unspecified atom stereocenters. The number of aromatic nitrogens is 4. The summed E-state index contributed by atoms with van der Waals surface area (Å²) in [5, 5.41) is 3.94. The van der Waals surface area contributed by atoms with Gasteiger partial charge in [0.25, 0.3) is 0 Å². The Labute approximate surface area is 89.9 Å². The summed E-state index contributed by atoms with van der Waals surface area (Å²) in [6.07, 6.45) is 0. The Morgan fingerprint density at radius 1 is 1.19 bits per heavy atom. The van der Waals surface area contributed by atoms with E-state index in [-0.39, 0.29) is 11.6 Å². The average Bonchev–Trinajstić information content (AvgIpc) is 2.51. The van der Waals surface area contributed by atoms with Gasteiger partial charge in [-0.05, 0) is 13.8 Å². The highest BCUT2D eigenvalue weighted by Crippen LogP contribution is 2.16. The van der Waals surface area contributed by atoms with E-state index < -0.39 is 11.6 Å². The van der Waals surface area contributed by atoms with Gasteiger partial charge in [0.15, 0.2) is 23.3 Å². The van der Waals surface area contributed by atoms with Gasteiger partial charge in [-0.3, -0.25) is 0 Å². The first kappa shape index (κ1) is 10.5. The van der Waals surface area contributed by atoms with Gasteiger partial charge in [0, 0.05) is 6.07 Å².